The molecule has 0 aliphatic rings. The molecule has 0 saturated heterocycles. The minimum atomic E-state index is -1.32. The zero-order valence-electron chi connectivity index (χ0n) is 9.81. The molecule has 2 atom stereocenters. The molecule has 0 aromatic heterocycles. The molecular formula is C13H15IO3. The first kappa shape index (κ1) is 14.2. The van der Waals surface area contributed by atoms with Crippen molar-refractivity contribution in [2.45, 2.75) is 12.5 Å². The van der Waals surface area contributed by atoms with Crippen LogP contribution in [0.1, 0.15) is 12.5 Å². The Morgan fingerprint density at radius 1 is 1.53 bits per heavy atom. The topological polar surface area (TPSA) is 46.5 Å². The number of aliphatic hydroxyl groups is 1. The van der Waals surface area contributed by atoms with E-state index in [2.05, 4.69) is 33.9 Å². The SMILES string of the molecule is C=C[C@@H](C(=O)OC)[C@@](C)(O)c1ccc(I)cc1. The maximum atomic E-state index is 11.6. The van der Waals surface area contributed by atoms with Gasteiger partial charge in [-0.15, -0.1) is 6.58 Å². The fourth-order valence-electron chi connectivity index (χ4n) is 1.65. The Bertz CT molecular complexity index is 409. The van der Waals surface area contributed by atoms with E-state index in [-0.39, 0.29) is 0 Å². The quantitative estimate of drug-likeness (QED) is 0.518. The monoisotopic (exact) mass is 346 g/mol. The molecule has 0 fully saturated rings. The molecule has 0 aliphatic carbocycles. The maximum absolute atomic E-state index is 11.6. The molecule has 0 heterocycles. The lowest BCUT2D eigenvalue weighted by molar-refractivity contribution is -0.152. The molecule has 1 aromatic carbocycles. The second-order valence-electron chi connectivity index (χ2n) is 3.89. The van der Waals surface area contributed by atoms with E-state index in [4.69, 9.17) is 0 Å². The van der Waals surface area contributed by atoms with E-state index < -0.39 is 17.5 Å². The van der Waals surface area contributed by atoms with E-state index in [1.54, 1.807) is 19.1 Å². The second-order valence-corrected chi connectivity index (χ2v) is 5.14. The molecule has 3 nitrogen and oxygen atoms in total. The van der Waals surface area contributed by atoms with Crippen LogP contribution in [0.3, 0.4) is 0 Å². The summed E-state index contributed by atoms with van der Waals surface area (Å²) in [4.78, 5) is 11.6. The molecule has 1 N–H and O–H groups in total. The van der Waals surface area contributed by atoms with Crippen LogP contribution in [0.15, 0.2) is 36.9 Å². The number of rotatable bonds is 4. The summed E-state index contributed by atoms with van der Waals surface area (Å²) in [6.45, 7) is 5.16. The lowest BCUT2D eigenvalue weighted by Crippen LogP contribution is -2.36. The number of ether oxygens (including phenoxy) is 1. The van der Waals surface area contributed by atoms with Gasteiger partial charge in [-0.05, 0) is 47.2 Å². The van der Waals surface area contributed by atoms with Gasteiger partial charge in [-0.2, -0.15) is 0 Å². The van der Waals surface area contributed by atoms with E-state index in [1.807, 2.05) is 12.1 Å². The van der Waals surface area contributed by atoms with Crippen molar-refractivity contribution in [3.05, 3.63) is 46.1 Å². The summed E-state index contributed by atoms with van der Waals surface area (Å²) >= 11 is 2.18. The molecule has 0 unspecified atom stereocenters. The molecule has 4 heteroatoms. The summed E-state index contributed by atoms with van der Waals surface area (Å²) < 4.78 is 5.73. The van der Waals surface area contributed by atoms with Gasteiger partial charge in [0.2, 0.25) is 0 Å². The highest BCUT2D eigenvalue weighted by Crippen LogP contribution is 2.31. The van der Waals surface area contributed by atoms with Gasteiger partial charge in [0, 0.05) is 3.57 Å². The summed E-state index contributed by atoms with van der Waals surface area (Å²) in [5.41, 5.74) is -0.660. The van der Waals surface area contributed by atoms with Crippen LogP contribution in [0.5, 0.6) is 0 Å². The predicted octanol–water partition coefficient (Wildman–Crippen LogP) is 2.47. The van der Waals surface area contributed by atoms with Crippen LogP contribution >= 0.6 is 22.6 Å². The van der Waals surface area contributed by atoms with Gasteiger partial charge in [0.25, 0.3) is 0 Å². The normalized spacial score (nSPS) is 15.8. The molecule has 0 spiro atoms. The Balaban J connectivity index is 3.11. The molecule has 1 rings (SSSR count). The smallest absolute Gasteiger partial charge is 0.315 e. The van der Waals surface area contributed by atoms with Gasteiger partial charge in [-0.25, -0.2) is 0 Å². The van der Waals surface area contributed by atoms with Crippen LogP contribution in [-0.2, 0) is 15.1 Å². The van der Waals surface area contributed by atoms with E-state index in [1.165, 1.54) is 13.2 Å². The molecule has 1 aromatic rings. The average Bonchev–Trinajstić information content (AvgIpc) is 2.29. The van der Waals surface area contributed by atoms with Crippen LogP contribution in [0.4, 0.5) is 0 Å². The van der Waals surface area contributed by atoms with E-state index in [0.29, 0.717) is 5.56 Å². The minimum absolute atomic E-state index is 0.497. The highest BCUT2D eigenvalue weighted by atomic mass is 127. The zero-order valence-corrected chi connectivity index (χ0v) is 12.0. The molecule has 0 saturated carbocycles. The lowest BCUT2D eigenvalue weighted by atomic mass is 9.83. The second kappa shape index (κ2) is 5.64. The molecular weight excluding hydrogens is 331 g/mol. The Labute approximate surface area is 115 Å². The van der Waals surface area contributed by atoms with Crippen molar-refractivity contribution >= 4 is 28.6 Å². The van der Waals surface area contributed by atoms with Gasteiger partial charge >= 0.3 is 5.97 Å². The van der Waals surface area contributed by atoms with Crippen molar-refractivity contribution in [3.8, 4) is 0 Å². The first-order valence-corrected chi connectivity index (χ1v) is 6.20. The summed E-state index contributed by atoms with van der Waals surface area (Å²) in [6, 6.07) is 7.34. The lowest BCUT2D eigenvalue weighted by Gasteiger charge is -2.29. The van der Waals surface area contributed by atoms with E-state index in [9.17, 15) is 9.90 Å². The molecule has 0 bridgehead atoms. The van der Waals surface area contributed by atoms with Crippen LogP contribution in [0.25, 0.3) is 0 Å². The first-order valence-electron chi connectivity index (χ1n) is 5.12. The van der Waals surface area contributed by atoms with Gasteiger partial charge < -0.3 is 9.84 Å². The highest BCUT2D eigenvalue weighted by Gasteiger charge is 2.37. The number of hydrogen-bond acceptors (Lipinski definition) is 3. The van der Waals surface area contributed by atoms with Gasteiger partial charge in [0.05, 0.1) is 7.11 Å². The number of carbonyl (C=O) groups is 1. The molecule has 0 aliphatic heterocycles. The van der Waals surface area contributed by atoms with Crippen molar-refractivity contribution in [1.29, 1.82) is 0 Å². The van der Waals surface area contributed by atoms with Crippen molar-refractivity contribution in [2.24, 2.45) is 5.92 Å². The minimum Gasteiger partial charge on any atom is -0.468 e. The van der Waals surface area contributed by atoms with Crippen LogP contribution in [-0.4, -0.2) is 18.2 Å². The van der Waals surface area contributed by atoms with Gasteiger partial charge in [0.15, 0.2) is 0 Å². The Hall–Kier alpha value is -0.880. The zero-order chi connectivity index (χ0) is 13.1. The number of methoxy groups -OCH3 is 1. The van der Waals surface area contributed by atoms with Crippen LogP contribution in [0.2, 0.25) is 0 Å². The molecule has 92 valence electrons. The fourth-order valence-corrected chi connectivity index (χ4v) is 2.01. The standard InChI is InChI=1S/C13H15IO3/c1-4-11(12(15)17-3)13(2,16)9-5-7-10(14)8-6-9/h4-8,11,16H,1H2,2-3H3/t11-,13-/m0/s1. The predicted molar refractivity (Wildman–Crippen MR) is 74.4 cm³/mol. The number of hydrogen-bond donors (Lipinski definition) is 1. The largest absolute Gasteiger partial charge is 0.468 e. The number of halogens is 1. The molecule has 0 radical (unpaired) electrons. The average molecular weight is 346 g/mol. The Morgan fingerprint density at radius 3 is 2.47 bits per heavy atom. The fraction of sp³-hybridized carbons (Fsp3) is 0.308. The summed E-state index contributed by atoms with van der Waals surface area (Å²) in [6.07, 6.45) is 1.41. The maximum Gasteiger partial charge on any atom is 0.315 e. The van der Waals surface area contributed by atoms with Gasteiger partial charge in [-0.1, -0.05) is 18.2 Å². The Kier molecular flexibility index (Phi) is 4.70. The third kappa shape index (κ3) is 3.07. The van der Waals surface area contributed by atoms with E-state index in [0.717, 1.165) is 3.57 Å². The van der Waals surface area contributed by atoms with Crippen molar-refractivity contribution in [3.63, 3.8) is 0 Å². The number of esters is 1. The van der Waals surface area contributed by atoms with Gasteiger partial charge in [0.1, 0.15) is 11.5 Å². The third-order valence-corrected chi connectivity index (χ3v) is 3.44. The van der Waals surface area contributed by atoms with Crippen molar-refractivity contribution < 1.29 is 14.6 Å². The Morgan fingerprint density at radius 2 is 2.06 bits per heavy atom. The highest BCUT2D eigenvalue weighted by molar-refractivity contribution is 14.1. The van der Waals surface area contributed by atoms with Crippen molar-refractivity contribution in [1.82, 2.24) is 0 Å². The molecule has 0 amide bonds. The third-order valence-electron chi connectivity index (χ3n) is 2.73. The first-order chi connectivity index (χ1) is 7.93. The van der Waals surface area contributed by atoms with Gasteiger partial charge in [-0.3, -0.25) is 4.79 Å². The van der Waals surface area contributed by atoms with Crippen LogP contribution < -0.4 is 0 Å². The molecule has 17 heavy (non-hydrogen) atoms. The van der Waals surface area contributed by atoms with E-state index >= 15 is 0 Å². The summed E-state index contributed by atoms with van der Waals surface area (Å²) in [5.74, 6) is -1.28. The summed E-state index contributed by atoms with van der Waals surface area (Å²) in [5, 5.41) is 10.5. The summed E-state index contributed by atoms with van der Waals surface area (Å²) in [7, 11) is 1.29. The number of benzene rings is 1. The number of carbonyl (C=O) groups excluding carboxylic acids is 1. The van der Waals surface area contributed by atoms with Crippen molar-refractivity contribution in [2.75, 3.05) is 7.11 Å². The van der Waals surface area contributed by atoms with Crippen LogP contribution in [0, 0.1) is 9.49 Å².